The molecule has 5 nitrogen and oxygen atoms in total. The minimum Gasteiger partial charge on any atom is -0.507 e. The summed E-state index contributed by atoms with van der Waals surface area (Å²) < 4.78 is 1.40. The Labute approximate surface area is 110 Å². The van der Waals surface area contributed by atoms with Gasteiger partial charge in [0.2, 0.25) is 0 Å². The van der Waals surface area contributed by atoms with E-state index in [1.807, 2.05) is 6.07 Å². The molecule has 0 saturated heterocycles. The molecule has 2 aromatic rings. The first-order chi connectivity index (χ1) is 9.06. The van der Waals surface area contributed by atoms with Crippen molar-refractivity contribution in [1.82, 2.24) is 9.55 Å². The Hall–Kier alpha value is -2.43. The van der Waals surface area contributed by atoms with Crippen LogP contribution in [0.4, 0.5) is 0 Å². The quantitative estimate of drug-likeness (QED) is 0.824. The first kappa shape index (κ1) is 13.0. The predicted octanol–water partition coefficient (Wildman–Crippen LogP) is 1.93. The van der Waals surface area contributed by atoms with Crippen LogP contribution in [0.1, 0.15) is 18.9 Å². The number of nitrogens with one attached hydrogen (secondary N) is 1. The number of nitrogens with zero attached hydrogens (tertiary/aromatic N) is 2. The Bertz CT molecular complexity index is 675. The summed E-state index contributed by atoms with van der Waals surface area (Å²) in [6.45, 7) is 1.77. The van der Waals surface area contributed by atoms with Gasteiger partial charge in [-0.1, -0.05) is 13.0 Å². The molecular weight excluding hydrogens is 242 g/mol. The molecule has 2 heterocycles. The molecule has 0 aliphatic carbocycles. The fraction of sp³-hybridized carbons (Fsp3) is 0.214. The van der Waals surface area contributed by atoms with Gasteiger partial charge in [0, 0.05) is 25.0 Å². The lowest BCUT2D eigenvalue weighted by Gasteiger charge is -2.12. The first-order valence-electron chi connectivity index (χ1n) is 5.98. The Kier molecular flexibility index (Phi) is 3.46. The summed E-state index contributed by atoms with van der Waals surface area (Å²) in [5.74, 6) is -0.171. The molecule has 0 aliphatic rings. The van der Waals surface area contributed by atoms with Crippen molar-refractivity contribution >= 4 is 5.71 Å². The molecule has 0 spiro atoms. The second-order valence-corrected chi connectivity index (χ2v) is 4.20. The van der Waals surface area contributed by atoms with E-state index in [0.717, 1.165) is 0 Å². The third kappa shape index (κ3) is 2.27. The summed E-state index contributed by atoms with van der Waals surface area (Å²) in [6, 6.07) is 6.83. The highest BCUT2D eigenvalue weighted by Gasteiger charge is 2.16. The third-order valence-corrected chi connectivity index (χ3v) is 2.99. The van der Waals surface area contributed by atoms with Crippen LogP contribution >= 0.6 is 0 Å². The van der Waals surface area contributed by atoms with Crippen molar-refractivity contribution < 1.29 is 5.11 Å². The molecule has 0 radical (unpaired) electrons. The fourth-order valence-electron chi connectivity index (χ4n) is 1.91. The van der Waals surface area contributed by atoms with Crippen molar-refractivity contribution in [2.75, 3.05) is 0 Å². The normalized spacial score (nSPS) is 10.4. The number of aromatic nitrogens is 2. The van der Waals surface area contributed by atoms with E-state index < -0.39 is 0 Å². The summed E-state index contributed by atoms with van der Waals surface area (Å²) in [6.07, 6.45) is 2.02. The van der Waals surface area contributed by atoms with E-state index in [4.69, 9.17) is 5.41 Å². The zero-order valence-electron chi connectivity index (χ0n) is 10.8. The lowest BCUT2D eigenvalue weighted by Crippen LogP contribution is -2.25. The highest BCUT2D eigenvalue weighted by Crippen LogP contribution is 2.22. The molecule has 5 heteroatoms. The minimum absolute atomic E-state index is 0.0599. The molecule has 0 aromatic carbocycles. The van der Waals surface area contributed by atoms with Crippen LogP contribution in [0.15, 0.2) is 35.3 Å². The van der Waals surface area contributed by atoms with E-state index in [1.54, 1.807) is 32.3 Å². The summed E-state index contributed by atoms with van der Waals surface area (Å²) in [7, 11) is 1.61. The molecule has 0 amide bonds. The van der Waals surface area contributed by atoms with Crippen molar-refractivity contribution in [2.24, 2.45) is 7.05 Å². The molecule has 0 fully saturated rings. The smallest absolute Gasteiger partial charge is 0.263 e. The summed E-state index contributed by atoms with van der Waals surface area (Å²) in [5.41, 5.74) is 0.936. The minimum atomic E-state index is -0.382. The van der Waals surface area contributed by atoms with Gasteiger partial charge in [0.25, 0.3) is 5.56 Å². The second-order valence-electron chi connectivity index (χ2n) is 4.20. The topological polar surface area (TPSA) is 79.0 Å². The highest BCUT2D eigenvalue weighted by molar-refractivity contribution is 6.00. The molecule has 98 valence electrons. The summed E-state index contributed by atoms with van der Waals surface area (Å²) >= 11 is 0. The molecule has 0 aliphatic heterocycles. The van der Waals surface area contributed by atoms with Crippen LogP contribution in [0.2, 0.25) is 0 Å². The highest BCUT2D eigenvalue weighted by atomic mass is 16.3. The van der Waals surface area contributed by atoms with E-state index in [-0.39, 0.29) is 22.6 Å². The van der Waals surface area contributed by atoms with Crippen LogP contribution in [0.25, 0.3) is 11.4 Å². The third-order valence-electron chi connectivity index (χ3n) is 2.99. The summed E-state index contributed by atoms with van der Waals surface area (Å²) in [5, 5.41) is 17.7. The van der Waals surface area contributed by atoms with Gasteiger partial charge < -0.3 is 15.1 Å². The SMILES string of the molecule is CCC(=N)c1c(O)cc(-c2ccccn2)n(C)c1=O. The molecule has 0 saturated carbocycles. The molecular formula is C14H15N3O2. The zero-order valence-corrected chi connectivity index (χ0v) is 10.8. The molecule has 2 aromatic heterocycles. The van der Waals surface area contributed by atoms with Gasteiger partial charge in [-0.25, -0.2) is 0 Å². The maximum Gasteiger partial charge on any atom is 0.263 e. The van der Waals surface area contributed by atoms with Gasteiger partial charge >= 0.3 is 0 Å². The number of rotatable bonds is 3. The van der Waals surface area contributed by atoms with Crippen molar-refractivity contribution in [1.29, 1.82) is 5.41 Å². The largest absolute Gasteiger partial charge is 0.507 e. The number of aromatic hydroxyl groups is 1. The van der Waals surface area contributed by atoms with E-state index in [2.05, 4.69) is 4.98 Å². The van der Waals surface area contributed by atoms with E-state index >= 15 is 0 Å². The summed E-state index contributed by atoms with van der Waals surface area (Å²) in [4.78, 5) is 16.4. The Balaban J connectivity index is 2.69. The molecule has 19 heavy (non-hydrogen) atoms. The van der Waals surface area contributed by atoms with Gasteiger partial charge in [-0.05, 0) is 18.6 Å². The van der Waals surface area contributed by atoms with E-state index in [9.17, 15) is 9.90 Å². The number of hydrogen-bond acceptors (Lipinski definition) is 4. The maximum atomic E-state index is 12.2. The van der Waals surface area contributed by atoms with Crippen molar-refractivity contribution in [3.05, 3.63) is 46.4 Å². The van der Waals surface area contributed by atoms with Crippen LogP contribution in [-0.4, -0.2) is 20.4 Å². The lowest BCUT2D eigenvalue weighted by molar-refractivity contribution is 0.471. The molecule has 0 unspecified atom stereocenters. The van der Waals surface area contributed by atoms with Crippen LogP contribution < -0.4 is 5.56 Å². The fourth-order valence-corrected chi connectivity index (χ4v) is 1.91. The molecule has 0 bridgehead atoms. The zero-order chi connectivity index (χ0) is 14.0. The van der Waals surface area contributed by atoms with Crippen LogP contribution in [0.3, 0.4) is 0 Å². The average molecular weight is 257 g/mol. The Morgan fingerprint density at radius 1 is 1.47 bits per heavy atom. The maximum absolute atomic E-state index is 12.2. The average Bonchev–Trinajstić information content (AvgIpc) is 2.43. The second kappa shape index (κ2) is 5.06. The lowest BCUT2D eigenvalue weighted by atomic mass is 10.1. The standard InChI is InChI=1S/C14H15N3O2/c1-3-9(15)13-12(18)8-11(17(2)14(13)19)10-6-4-5-7-16-10/h4-8,15,18H,3H2,1-2H3. The van der Waals surface area contributed by atoms with E-state index in [0.29, 0.717) is 17.8 Å². The van der Waals surface area contributed by atoms with Crippen molar-refractivity contribution in [2.45, 2.75) is 13.3 Å². The number of pyridine rings is 2. The van der Waals surface area contributed by atoms with Gasteiger partial charge in [0.1, 0.15) is 11.3 Å². The van der Waals surface area contributed by atoms with E-state index in [1.165, 1.54) is 10.6 Å². The molecule has 2 N–H and O–H groups in total. The van der Waals surface area contributed by atoms with Crippen LogP contribution in [-0.2, 0) is 7.05 Å². The van der Waals surface area contributed by atoms with Crippen molar-refractivity contribution in [3.8, 4) is 17.1 Å². The monoisotopic (exact) mass is 257 g/mol. The Morgan fingerprint density at radius 2 is 2.21 bits per heavy atom. The van der Waals surface area contributed by atoms with Gasteiger partial charge in [-0.15, -0.1) is 0 Å². The van der Waals surface area contributed by atoms with Gasteiger partial charge in [-0.3, -0.25) is 9.78 Å². The molecule has 2 rings (SSSR count). The Morgan fingerprint density at radius 3 is 2.79 bits per heavy atom. The van der Waals surface area contributed by atoms with Crippen LogP contribution in [0, 0.1) is 5.41 Å². The molecule has 0 atom stereocenters. The van der Waals surface area contributed by atoms with Gasteiger partial charge in [0.05, 0.1) is 11.4 Å². The first-order valence-corrected chi connectivity index (χ1v) is 5.98. The van der Waals surface area contributed by atoms with Gasteiger partial charge in [-0.2, -0.15) is 0 Å². The van der Waals surface area contributed by atoms with Crippen molar-refractivity contribution in [3.63, 3.8) is 0 Å². The van der Waals surface area contributed by atoms with Gasteiger partial charge in [0.15, 0.2) is 0 Å². The number of hydrogen-bond donors (Lipinski definition) is 2. The van der Waals surface area contributed by atoms with Crippen LogP contribution in [0.5, 0.6) is 5.75 Å². The predicted molar refractivity (Wildman–Crippen MR) is 73.7 cm³/mol.